The van der Waals surface area contributed by atoms with Crippen molar-refractivity contribution in [2.24, 2.45) is 0 Å². The first kappa shape index (κ1) is 22.5. The van der Waals surface area contributed by atoms with Crippen molar-refractivity contribution in [2.45, 2.75) is 13.3 Å². The van der Waals surface area contributed by atoms with Gasteiger partial charge in [0.2, 0.25) is 0 Å². The Morgan fingerprint density at radius 2 is 1.53 bits per heavy atom. The molecule has 1 saturated heterocycles. The van der Waals surface area contributed by atoms with Crippen molar-refractivity contribution in [3.63, 3.8) is 0 Å². The number of hydrogen-bond acceptors (Lipinski definition) is 5. The maximum atomic E-state index is 13.5. The van der Waals surface area contributed by atoms with E-state index in [0.29, 0.717) is 48.9 Å². The summed E-state index contributed by atoms with van der Waals surface area (Å²) in [6, 6.07) is 15.2. The smallest absolute Gasteiger partial charge is 0.277 e. The number of aliphatic hydroxyl groups excluding tert-OH is 1. The minimum Gasteiger partial charge on any atom is -0.395 e. The van der Waals surface area contributed by atoms with Crippen LogP contribution in [0.4, 0.5) is 0 Å². The maximum absolute atomic E-state index is 13.5. The summed E-state index contributed by atoms with van der Waals surface area (Å²) in [7, 11) is 0. The van der Waals surface area contributed by atoms with Crippen LogP contribution in [-0.2, 0) is 16.0 Å². The van der Waals surface area contributed by atoms with Crippen molar-refractivity contribution in [2.75, 3.05) is 45.9 Å². The molecule has 1 fully saturated rings. The molecule has 7 heteroatoms. The fourth-order valence-corrected chi connectivity index (χ4v) is 4.39. The molecule has 0 spiro atoms. The average molecular weight is 454 g/mol. The molecule has 0 unspecified atom stereocenters. The molecule has 1 N–H and O–H groups in total. The number of β-amino-alcohol motifs (C(OH)–C–C–N with tert-alkyl or cyclic N) is 1. The number of benzene rings is 2. The summed E-state index contributed by atoms with van der Waals surface area (Å²) in [5, 5.41) is 9.87. The quantitative estimate of drug-likeness (QED) is 0.653. The maximum Gasteiger partial charge on any atom is 0.277 e. The zero-order valence-corrected chi connectivity index (χ0v) is 19.0. The Balaban J connectivity index is 1.59. The molecule has 2 aromatic carbocycles. The number of hydrogen-bond donors (Lipinski definition) is 1. The van der Waals surface area contributed by atoms with Crippen LogP contribution in [0.1, 0.15) is 16.7 Å². The van der Waals surface area contributed by atoms with Gasteiger partial charge in [-0.3, -0.25) is 19.4 Å². The molecule has 0 aliphatic carbocycles. The van der Waals surface area contributed by atoms with Gasteiger partial charge in [-0.05, 0) is 36.6 Å². The van der Waals surface area contributed by atoms with Gasteiger partial charge >= 0.3 is 0 Å². The predicted molar refractivity (Wildman–Crippen MR) is 125 cm³/mol. The Hall–Kier alpha value is -2.67. The minimum absolute atomic E-state index is 0.118. The molecular formula is C25H28ClN3O3. The van der Waals surface area contributed by atoms with E-state index in [1.54, 1.807) is 0 Å². The van der Waals surface area contributed by atoms with Crippen molar-refractivity contribution < 1.29 is 14.7 Å². The van der Waals surface area contributed by atoms with Crippen LogP contribution >= 0.6 is 11.6 Å². The highest BCUT2D eigenvalue weighted by Crippen LogP contribution is 2.32. The number of rotatable bonds is 7. The van der Waals surface area contributed by atoms with Gasteiger partial charge in [-0.15, -0.1) is 0 Å². The molecule has 2 heterocycles. The fourth-order valence-electron chi connectivity index (χ4n) is 4.27. The topological polar surface area (TPSA) is 64.1 Å². The first-order valence-electron chi connectivity index (χ1n) is 11.0. The van der Waals surface area contributed by atoms with Gasteiger partial charge < -0.3 is 10.0 Å². The highest BCUT2D eigenvalue weighted by Gasteiger charge is 2.41. The first-order valence-corrected chi connectivity index (χ1v) is 11.4. The van der Waals surface area contributed by atoms with E-state index in [1.165, 1.54) is 4.90 Å². The summed E-state index contributed by atoms with van der Waals surface area (Å²) >= 11 is 5.97. The van der Waals surface area contributed by atoms with Gasteiger partial charge in [0.25, 0.3) is 11.8 Å². The molecule has 2 aromatic rings. The van der Waals surface area contributed by atoms with Gasteiger partial charge in [0.05, 0.1) is 12.2 Å². The van der Waals surface area contributed by atoms with Gasteiger partial charge in [-0.2, -0.15) is 0 Å². The van der Waals surface area contributed by atoms with Crippen molar-refractivity contribution >= 4 is 29.0 Å². The number of aliphatic hydroxyl groups is 1. The Labute approximate surface area is 193 Å². The second-order valence-electron chi connectivity index (χ2n) is 8.28. The molecule has 2 aliphatic heterocycles. The zero-order chi connectivity index (χ0) is 22.7. The van der Waals surface area contributed by atoms with Crippen molar-refractivity contribution in [1.29, 1.82) is 0 Å². The second kappa shape index (κ2) is 9.86. The number of halogens is 1. The second-order valence-corrected chi connectivity index (χ2v) is 8.72. The van der Waals surface area contributed by atoms with Crippen molar-refractivity contribution in [3.05, 3.63) is 75.9 Å². The molecule has 0 radical (unpaired) electrons. The van der Waals surface area contributed by atoms with E-state index in [9.17, 15) is 14.7 Å². The van der Waals surface area contributed by atoms with Crippen LogP contribution in [0, 0.1) is 6.92 Å². The summed E-state index contributed by atoms with van der Waals surface area (Å²) in [6.45, 7) is 5.85. The van der Waals surface area contributed by atoms with Crippen LogP contribution in [0.5, 0.6) is 0 Å². The molecule has 0 bridgehead atoms. The fraction of sp³-hybridized carbons (Fsp3) is 0.360. The monoisotopic (exact) mass is 453 g/mol. The Kier molecular flexibility index (Phi) is 6.94. The van der Waals surface area contributed by atoms with Gasteiger partial charge in [-0.1, -0.05) is 53.6 Å². The lowest BCUT2D eigenvalue weighted by atomic mass is 10.0. The Bertz CT molecular complexity index is 1010. The summed E-state index contributed by atoms with van der Waals surface area (Å²) in [4.78, 5) is 32.5. The van der Waals surface area contributed by atoms with E-state index in [1.807, 2.05) is 60.4 Å². The summed E-state index contributed by atoms with van der Waals surface area (Å²) < 4.78 is 0. The SMILES string of the molecule is Cc1ccc(C2=C(N3CCN(CCO)CC3)C(=O)N(CCc3ccc(Cl)cc3)C2=O)cc1. The van der Waals surface area contributed by atoms with Gasteiger partial charge in [0, 0.05) is 44.3 Å². The van der Waals surface area contributed by atoms with E-state index in [2.05, 4.69) is 4.90 Å². The number of imide groups is 1. The van der Waals surface area contributed by atoms with E-state index < -0.39 is 0 Å². The largest absolute Gasteiger partial charge is 0.395 e. The molecule has 2 amide bonds. The number of nitrogens with zero attached hydrogens (tertiary/aromatic N) is 3. The summed E-state index contributed by atoms with van der Waals surface area (Å²) in [5.41, 5.74) is 3.89. The number of carbonyl (C=O) groups is 2. The minimum atomic E-state index is -0.236. The molecule has 32 heavy (non-hydrogen) atoms. The van der Waals surface area contributed by atoms with Crippen LogP contribution in [0.2, 0.25) is 5.02 Å². The molecule has 168 valence electrons. The molecule has 2 aliphatic rings. The van der Waals surface area contributed by atoms with Crippen molar-refractivity contribution in [1.82, 2.24) is 14.7 Å². The van der Waals surface area contributed by atoms with E-state index in [-0.39, 0.29) is 18.4 Å². The summed E-state index contributed by atoms with van der Waals surface area (Å²) in [6.07, 6.45) is 0.577. The van der Waals surface area contributed by atoms with Crippen LogP contribution < -0.4 is 0 Å². The Morgan fingerprint density at radius 3 is 2.16 bits per heavy atom. The standard InChI is InChI=1S/C25H28ClN3O3/c1-18-2-6-20(7-3-18)22-23(28-14-12-27(13-15-28)16-17-30)25(32)29(24(22)31)11-10-19-4-8-21(26)9-5-19/h2-9,30H,10-17H2,1H3. The lowest BCUT2D eigenvalue weighted by Gasteiger charge is -2.36. The highest BCUT2D eigenvalue weighted by molar-refractivity contribution is 6.35. The van der Waals surface area contributed by atoms with E-state index in [4.69, 9.17) is 11.6 Å². The molecule has 4 rings (SSSR count). The molecule has 0 atom stereocenters. The van der Waals surface area contributed by atoms with Crippen LogP contribution in [0.15, 0.2) is 54.2 Å². The lowest BCUT2D eigenvalue weighted by Crippen LogP contribution is -2.48. The number of carbonyl (C=O) groups excluding carboxylic acids is 2. The molecule has 6 nitrogen and oxygen atoms in total. The molecule has 0 saturated carbocycles. The van der Waals surface area contributed by atoms with Crippen LogP contribution in [-0.4, -0.2) is 77.5 Å². The molecular weight excluding hydrogens is 426 g/mol. The lowest BCUT2D eigenvalue weighted by molar-refractivity contribution is -0.137. The number of amides is 2. The van der Waals surface area contributed by atoms with Gasteiger partial charge in [-0.25, -0.2) is 0 Å². The van der Waals surface area contributed by atoms with Gasteiger partial charge in [0.1, 0.15) is 5.70 Å². The average Bonchev–Trinajstić information content (AvgIpc) is 3.04. The normalized spacial score (nSPS) is 17.6. The van der Waals surface area contributed by atoms with Gasteiger partial charge in [0.15, 0.2) is 0 Å². The number of aryl methyl sites for hydroxylation is 1. The van der Waals surface area contributed by atoms with Crippen LogP contribution in [0.3, 0.4) is 0 Å². The summed E-state index contributed by atoms with van der Waals surface area (Å²) in [5.74, 6) is -0.462. The number of piperazine rings is 1. The third-order valence-corrected chi connectivity index (χ3v) is 6.38. The zero-order valence-electron chi connectivity index (χ0n) is 18.3. The van der Waals surface area contributed by atoms with Crippen molar-refractivity contribution in [3.8, 4) is 0 Å². The third kappa shape index (κ3) is 4.72. The third-order valence-electron chi connectivity index (χ3n) is 6.13. The Morgan fingerprint density at radius 1 is 0.875 bits per heavy atom. The van der Waals surface area contributed by atoms with Crippen LogP contribution in [0.25, 0.3) is 5.57 Å². The van der Waals surface area contributed by atoms with E-state index >= 15 is 0 Å². The predicted octanol–water partition coefficient (Wildman–Crippen LogP) is 2.58. The first-order chi connectivity index (χ1) is 15.5. The van der Waals surface area contributed by atoms with E-state index in [0.717, 1.165) is 29.8 Å². The highest BCUT2D eigenvalue weighted by atomic mass is 35.5. The molecule has 0 aromatic heterocycles.